The van der Waals surface area contributed by atoms with Gasteiger partial charge in [-0.15, -0.1) is 0 Å². The largest absolute Gasteiger partial charge is 0.374 e. The van der Waals surface area contributed by atoms with Gasteiger partial charge in [0.1, 0.15) is 5.69 Å². The van der Waals surface area contributed by atoms with Gasteiger partial charge in [-0.2, -0.15) is 12.7 Å². The molecule has 1 aliphatic heterocycles. The molecular weight excluding hydrogens is 578 g/mol. The fourth-order valence-electron chi connectivity index (χ4n) is 6.60. The third kappa shape index (κ3) is 5.73. The molecule has 2 aliphatic carbocycles. The van der Waals surface area contributed by atoms with Gasteiger partial charge in [-0.1, -0.05) is 31.4 Å². The van der Waals surface area contributed by atoms with Crippen molar-refractivity contribution in [3.63, 3.8) is 0 Å². The fraction of sp³-hybridized carbons (Fsp3) is 0.586. The quantitative estimate of drug-likeness (QED) is 0.418. The first-order valence-corrected chi connectivity index (χ1v) is 16.6. The topological polar surface area (TPSA) is 123 Å². The van der Waals surface area contributed by atoms with Crippen LogP contribution in [0, 0.1) is 11.8 Å². The molecule has 2 saturated carbocycles. The van der Waals surface area contributed by atoms with Gasteiger partial charge in [0.15, 0.2) is 0 Å². The number of fused-ring (bicyclic) bond motifs is 2. The molecule has 11 nitrogen and oxygen atoms in total. The van der Waals surface area contributed by atoms with Crippen LogP contribution >= 0.6 is 11.6 Å². The average Bonchev–Trinajstić information content (AvgIpc) is 3.58. The number of carbonyl (C=O) groups is 1. The molecule has 4 heterocycles. The molecule has 42 heavy (non-hydrogen) atoms. The van der Waals surface area contributed by atoms with Crippen molar-refractivity contribution in [2.75, 3.05) is 32.1 Å². The van der Waals surface area contributed by atoms with Gasteiger partial charge < -0.3 is 14.2 Å². The minimum absolute atomic E-state index is 0.0497. The summed E-state index contributed by atoms with van der Waals surface area (Å²) in [6, 6.07) is 3.58. The van der Waals surface area contributed by atoms with Crippen molar-refractivity contribution >= 4 is 44.7 Å². The van der Waals surface area contributed by atoms with E-state index in [1.165, 1.54) is 26.9 Å². The molecule has 2 atom stereocenters. The van der Waals surface area contributed by atoms with Crippen LogP contribution in [0.2, 0.25) is 5.02 Å². The molecule has 0 spiro atoms. The third-order valence-corrected chi connectivity index (χ3v) is 10.5. The van der Waals surface area contributed by atoms with Crippen LogP contribution in [0.1, 0.15) is 62.4 Å². The Balaban J connectivity index is 1.53. The first-order chi connectivity index (χ1) is 20.1. The normalized spacial score (nSPS) is 24.7. The maximum Gasteiger partial charge on any atom is 0.303 e. The van der Waals surface area contributed by atoms with Crippen LogP contribution in [0.5, 0.6) is 0 Å². The van der Waals surface area contributed by atoms with Crippen molar-refractivity contribution < 1.29 is 17.9 Å². The van der Waals surface area contributed by atoms with E-state index >= 15 is 0 Å². The summed E-state index contributed by atoms with van der Waals surface area (Å²) in [7, 11) is -1.31. The molecule has 3 aliphatic rings. The van der Waals surface area contributed by atoms with E-state index < -0.39 is 16.1 Å². The predicted molar refractivity (Wildman–Crippen MR) is 162 cm³/mol. The van der Waals surface area contributed by atoms with Gasteiger partial charge in [0.05, 0.1) is 40.5 Å². The number of aromatic nitrogens is 4. The third-order valence-electron chi connectivity index (χ3n) is 8.93. The molecule has 3 aromatic rings. The van der Waals surface area contributed by atoms with E-state index in [0.29, 0.717) is 34.3 Å². The van der Waals surface area contributed by atoms with Crippen LogP contribution in [-0.4, -0.2) is 77.5 Å². The molecule has 0 radical (unpaired) electrons. The highest BCUT2D eigenvalue weighted by Crippen LogP contribution is 2.39. The number of hydrogen-bond donors (Lipinski definition) is 1. The molecule has 226 valence electrons. The summed E-state index contributed by atoms with van der Waals surface area (Å²) in [5.74, 6) is 1.23. The highest BCUT2D eigenvalue weighted by atomic mass is 35.5. The second kappa shape index (κ2) is 11.7. The number of nitrogens with one attached hydrogen (secondary N) is 1. The van der Waals surface area contributed by atoms with Gasteiger partial charge in [0, 0.05) is 45.1 Å². The smallest absolute Gasteiger partial charge is 0.303 e. The number of halogens is 1. The zero-order chi connectivity index (χ0) is 29.6. The Hall–Kier alpha value is -2.80. The van der Waals surface area contributed by atoms with E-state index in [0.717, 1.165) is 66.9 Å². The van der Waals surface area contributed by atoms with Gasteiger partial charge in [-0.25, -0.2) is 14.7 Å². The zero-order valence-electron chi connectivity index (χ0n) is 24.3. The number of ether oxygens (including phenoxy) is 1. The summed E-state index contributed by atoms with van der Waals surface area (Å²) in [4.78, 5) is 29.8. The summed E-state index contributed by atoms with van der Waals surface area (Å²) >= 11 is 6.37. The van der Waals surface area contributed by atoms with Crippen LogP contribution in [0.4, 0.5) is 5.95 Å². The number of anilines is 1. The number of imidazole rings is 1. The number of nitrogens with zero attached hydrogens (tertiary/aromatic N) is 6. The van der Waals surface area contributed by atoms with E-state index in [4.69, 9.17) is 26.3 Å². The van der Waals surface area contributed by atoms with Crippen molar-refractivity contribution in [3.05, 3.63) is 35.2 Å². The summed E-state index contributed by atoms with van der Waals surface area (Å²) in [6.07, 6.45) is 11.2. The molecular formula is C29H38ClN7O4S. The summed E-state index contributed by atoms with van der Waals surface area (Å²) < 4.78 is 36.4. The fourth-order valence-corrected chi connectivity index (χ4v) is 7.30. The van der Waals surface area contributed by atoms with Crippen LogP contribution in [0.25, 0.3) is 22.3 Å². The highest BCUT2D eigenvalue weighted by Gasteiger charge is 2.39. The number of morpholine rings is 1. The Morgan fingerprint density at radius 2 is 1.90 bits per heavy atom. The van der Waals surface area contributed by atoms with Crippen molar-refractivity contribution in [2.24, 2.45) is 11.8 Å². The minimum atomic E-state index is -4.02. The molecule has 0 bridgehead atoms. The number of amides is 1. The van der Waals surface area contributed by atoms with Gasteiger partial charge >= 0.3 is 10.2 Å². The van der Waals surface area contributed by atoms with Gasteiger partial charge in [-0.05, 0) is 56.1 Å². The molecule has 0 aromatic carbocycles. The Morgan fingerprint density at radius 3 is 2.64 bits per heavy atom. The Morgan fingerprint density at radius 1 is 1.12 bits per heavy atom. The SMILES string of the molecule is CC1CCC(Cn2c(N3CCO[C@H]4CCC[C@@H]43)nc3cc(C(=O)NS(=O)(=O)N(C)C)nc(-c4cncc(Cl)c4)c32)CC1. The summed E-state index contributed by atoms with van der Waals surface area (Å²) in [6.45, 7) is 4.45. The molecule has 0 unspecified atom stereocenters. The second-order valence-corrected chi connectivity index (χ2v) is 14.4. The monoisotopic (exact) mass is 615 g/mol. The van der Waals surface area contributed by atoms with Crippen LogP contribution in [0.15, 0.2) is 24.5 Å². The van der Waals surface area contributed by atoms with Crippen LogP contribution in [0.3, 0.4) is 0 Å². The van der Waals surface area contributed by atoms with E-state index in [-0.39, 0.29) is 17.8 Å². The van der Waals surface area contributed by atoms with Gasteiger partial charge in [0.2, 0.25) is 5.95 Å². The van der Waals surface area contributed by atoms with Crippen LogP contribution < -0.4 is 9.62 Å². The standard InChI is InChI=1S/C29H38ClN7O4S/c1-18-7-9-19(10-8-18)17-37-27-22(33-29(37)36-11-12-41-25-6-4-5-24(25)36)14-23(28(38)34-42(39,40)35(2)3)32-26(27)20-13-21(30)16-31-15-20/h13-16,18-19,24-25H,4-12,17H2,1-3H3,(H,34,38)/t18?,19?,24-,25-/m0/s1. The van der Waals surface area contributed by atoms with E-state index in [9.17, 15) is 13.2 Å². The molecule has 1 N–H and O–H groups in total. The molecule has 13 heteroatoms. The maximum absolute atomic E-state index is 13.3. The second-order valence-electron chi connectivity index (χ2n) is 12.1. The number of rotatable bonds is 7. The first-order valence-electron chi connectivity index (χ1n) is 14.8. The van der Waals surface area contributed by atoms with Crippen LogP contribution in [-0.2, 0) is 21.5 Å². The summed E-state index contributed by atoms with van der Waals surface area (Å²) in [5.41, 5.74) is 2.44. The number of carbonyl (C=O) groups excluding carboxylic acids is 1. The van der Waals surface area contributed by atoms with Crippen molar-refractivity contribution in [2.45, 2.75) is 70.6 Å². The highest BCUT2D eigenvalue weighted by molar-refractivity contribution is 7.87. The van der Waals surface area contributed by atoms with Crippen molar-refractivity contribution in [1.82, 2.24) is 28.5 Å². The van der Waals surface area contributed by atoms with Crippen molar-refractivity contribution in [1.29, 1.82) is 0 Å². The van der Waals surface area contributed by atoms with Gasteiger partial charge in [-0.3, -0.25) is 9.78 Å². The lowest BCUT2D eigenvalue weighted by molar-refractivity contribution is 0.0247. The van der Waals surface area contributed by atoms with Crippen molar-refractivity contribution in [3.8, 4) is 11.3 Å². The minimum Gasteiger partial charge on any atom is -0.374 e. The Kier molecular flexibility index (Phi) is 8.16. The van der Waals surface area contributed by atoms with E-state index in [2.05, 4.69) is 26.1 Å². The molecule has 3 fully saturated rings. The Labute approximate surface area is 251 Å². The Bertz CT molecular complexity index is 1590. The number of hydrogen-bond acceptors (Lipinski definition) is 8. The summed E-state index contributed by atoms with van der Waals surface area (Å²) in [5, 5.41) is 0.432. The van der Waals surface area contributed by atoms with E-state index in [1.807, 2.05) is 0 Å². The molecule has 1 amide bonds. The molecule has 1 saturated heterocycles. The molecule has 3 aromatic heterocycles. The van der Waals surface area contributed by atoms with Gasteiger partial charge in [0.25, 0.3) is 5.91 Å². The first kappa shape index (κ1) is 29.3. The average molecular weight is 616 g/mol. The maximum atomic E-state index is 13.3. The molecule has 6 rings (SSSR count). The number of pyridine rings is 2. The lowest BCUT2D eigenvalue weighted by atomic mass is 9.83. The lowest BCUT2D eigenvalue weighted by Gasteiger charge is -2.39. The van der Waals surface area contributed by atoms with E-state index in [1.54, 1.807) is 24.5 Å². The predicted octanol–water partition coefficient (Wildman–Crippen LogP) is 4.27. The lowest BCUT2D eigenvalue weighted by Crippen LogP contribution is -2.49. The zero-order valence-corrected chi connectivity index (χ0v) is 25.9.